The predicted molar refractivity (Wildman–Crippen MR) is 119 cm³/mol. The monoisotopic (exact) mass is 437 g/mol. The van der Waals surface area contributed by atoms with E-state index in [9.17, 15) is 14.4 Å². The van der Waals surface area contributed by atoms with Crippen molar-refractivity contribution < 1.29 is 9.59 Å². The lowest BCUT2D eigenvalue weighted by Crippen LogP contribution is -2.44. The molecule has 0 saturated heterocycles. The smallest absolute Gasteiger partial charge is 0.262 e. The van der Waals surface area contributed by atoms with Crippen LogP contribution in [0, 0.1) is 11.8 Å². The van der Waals surface area contributed by atoms with Crippen LogP contribution in [0.25, 0.3) is 10.9 Å². The number of carbonyl (C=O) groups excluding carboxylic acids is 2. The van der Waals surface area contributed by atoms with Gasteiger partial charge in [-0.15, -0.1) is 0 Å². The van der Waals surface area contributed by atoms with Crippen molar-refractivity contribution in [2.75, 3.05) is 5.75 Å². The SMILES string of the molecule is CC(=O)C(NC(=O)CSc1nc2cc(Cl)ccc2c(=O)n1CCC(C)C)C(C)C. The van der Waals surface area contributed by atoms with Gasteiger partial charge in [-0.1, -0.05) is 51.1 Å². The number of hydrogen-bond donors (Lipinski definition) is 1. The maximum atomic E-state index is 13.0. The summed E-state index contributed by atoms with van der Waals surface area (Å²) in [6, 6.07) is 4.49. The molecule has 0 aliphatic heterocycles. The molecule has 1 aromatic carbocycles. The summed E-state index contributed by atoms with van der Waals surface area (Å²) in [6.45, 7) is 9.94. The van der Waals surface area contributed by atoms with Crippen LogP contribution in [0.1, 0.15) is 41.0 Å². The molecule has 29 heavy (non-hydrogen) atoms. The van der Waals surface area contributed by atoms with Crippen LogP contribution in [0.15, 0.2) is 28.2 Å². The van der Waals surface area contributed by atoms with Gasteiger partial charge in [0.15, 0.2) is 10.9 Å². The lowest BCUT2D eigenvalue weighted by molar-refractivity contribution is -0.126. The Labute approximate surface area is 180 Å². The lowest BCUT2D eigenvalue weighted by atomic mass is 10.0. The van der Waals surface area contributed by atoms with Gasteiger partial charge >= 0.3 is 0 Å². The molecule has 158 valence electrons. The van der Waals surface area contributed by atoms with Gasteiger partial charge in [-0.3, -0.25) is 19.0 Å². The van der Waals surface area contributed by atoms with Crippen molar-refractivity contribution in [1.82, 2.24) is 14.9 Å². The van der Waals surface area contributed by atoms with Gasteiger partial charge in [-0.2, -0.15) is 0 Å². The second-order valence-corrected chi connectivity index (χ2v) is 9.26. The molecular formula is C21H28ClN3O3S. The summed E-state index contributed by atoms with van der Waals surface area (Å²) in [4.78, 5) is 41.7. The maximum Gasteiger partial charge on any atom is 0.262 e. The molecule has 1 N–H and O–H groups in total. The first-order valence-corrected chi connectivity index (χ1v) is 11.1. The molecule has 1 heterocycles. The minimum absolute atomic E-state index is 0.00612. The summed E-state index contributed by atoms with van der Waals surface area (Å²) >= 11 is 7.25. The maximum absolute atomic E-state index is 13.0. The summed E-state index contributed by atoms with van der Waals surface area (Å²) < 4.78 is 1.62. The molecule has 6 nitrogen and oxygen atoms in total. The Kier molecular flexibility index (Phi) is 8.28. The van der Waals surface area contributed by atoms with E-state index in [4.69, 9.17) is 11.6 Å². The molecule has 1 unspecified atom stereocenters. The molecule has 0 radical (unpaired) electrons. The van der Waals surface area contributed by atoms with Crippen LogP contribution in [0.5, 0.6) is 0 Å². The van der Waals surface area contributed by atoms with Crippen LogP contribution in [0.3, 0.4) is 0 Å². The number of amides is 1. The number of rotatable bonds is 9. The Morgan fingerprint density at radius 3 is 2.52 bits per heavy atom. The fourth-order valence-electron chi connectivity index (χ4n) is 2.95. The van der Waals surface area contributed by atoms with Crippen molar-refractivity contribution in [1.29, 1.82) is 0 Å². The summed E-state index contributed by atoms with van der Waals surface area (Å²) in [5, 5.41) is 4.25. The minimum Gasteiger partial charge on any atom is -0.345 e. The fraction of sp³-hybridized carbons (Fsp3) is 0.524. The van der Waals surface area contributed by atoms with E-state index in [1.807, 2.05) is 13.8 Å². The first kappa shape index (κ1) is 23.4. The van der Waals surface area contributed by atoms with Crippen LogP contribution in [0.4, 0.5) is 0 Å². The summed E-state index contributed by atoms with van der Waals surface area (Å²) in [5.74, 6) is 0.153. The summed E-state index contributed by atoms with van der Waals surface area (Å²) in [7, 11) is 0. The number of ketones is 1. The number of fused-ring (bicyclic) bond motifs is 1. The van der Waals surface area contributed by atoms with Gasteiger partial charge < -0.3 is 5.32 Å². The highest BCUT2D eigenvalue weighted by molar-refractivity contribution is 7.99. The molecule has 1 atom stereocenters. The molecule has 0 saturated carbocycles. The molecule has 2 rings (SSSR count). The van der Waals surface area contributed by atoms with Crippen molar-refractivity contribution in [3.63, 3.8) is 0 Å². The number of nitrogens with one attached hydrogen (secondary N) is 1. The topological polar surface area (TPSA) is 81.1 Å². The van der Waals surface area contributed by atoms with Crippen molar-refractivity contribution in [2.45, 2.75) is 58.8 Å². The van der Waals surface area contributed by atoms with Crippen molar-refractivity contribution >= 4 is 46.0 Å². The van der Waals surface area contributed by atoms with Crippen LogP contribution >= 0.6 is 23.4 Å². The van der Waals surface area contributed by atoms with Gasteiger partial charge in [0.1, 0.15) is 0 Å². The molecule has 0 bridgehead atoms. The van der Waals surface area contributed by atoms with Crippen LogP contribution in [0.2, 0.25) is 5.02 Å². The second kappa shape index (κ2) is 10.3. The number of benzene rings is 1. The lowest BCUT2D eigenvalue weighted by Gasteiger charge is -2.19. The van der Waals surface area contributed by atoms with E-state index in [1.165, 1.54) is 18.7 Å². The van der Waals surface area contributed by atoms with Crippen LogP contribution < -0.4 is 10.9 Å². The summed E-state index contributed by atoms with van der Waals surface area (Å²) in [5.41, 5.74) is 0.369. The zero-order chi connectivity index (χ0) is 21.7. The van der Waals surface area contributed by atoms with Gasteiger partial charge in [0.2, 0.25) is 5.91 Å². The van der Waals surface area contributed by atoms with E-state index in [0.717, 1.165) is 6.42 Å². The summed E-state index contributed by atoms with van der Waals surface area (Å²) in [6.07, 6.45) is 0.820. The van der Waals surface area contributed by atoms with Crippen molar-refractivity contribution in [3.05, 3.63) is 33.6 Å². The van der Waals surface area contributed by atoms with Gasteiger partial charge in [0, 0.05) is 11.6 Å². The zero-order valence-electron chi connectivity index (χ0n) is 17.5. The zero-order valence-corrected chi connectivity index (χ0v) is 19.1. The standard InChI is InChI=1S/C21H28ClN3O3S/c1-12(2)8-9-25-20(28)16-7-6-15(22)10-17(16)23-21(25)29-11-18(27)24-19(13(3)4)14(5)26/h6-7,10,12-13,19H,8-9,11H2,1-5H3,(H,24,27). The normalized spacial score (nSPS) is 12.6. The van der Waals surface area contributed by atoms with E-state index >= 15 is 0 Å². The number of thioether (sulfide) groups is 1. The average Bonchev–Trinajstić information content (AvgIpc) is 2.62. The number of aromatic nitrogens is 2. The molecular weight excluding hydrogens is 410 g/mol. The van der Waals surface area contributed by atoms with E-state index in [1.54, 1.807) is 22.8 Å². The van der Waals surface area contributed by atoms with Crippen molar-refractivity contribution in [3.8, 4) is 0 Å². The van der Waals surface area contributed by atoms with Gasteiger partial charge in [-0.05, 0) is 43.4 Å². The third-order valence-corrected chi connectivity index (χ3v) is 5.78. The molecule has 0 aliphatic rings. The molecule has 2 aromatic rings. The highest BCUT2D eigenvalue weighted by atomic mass is 35.5. The first-order valence-electron chi connectivity index (χ1n) is 9.72. The fourth-order valence-corrected chi connectivity index (χ4v) is 3.95. The number of halogens is 1. The molecule has 0 spiro atoms. The number of Topliss-reactive ketones (excluding diaryl/α,β-unsaturated/α-hetero) is 1. The second-order valence-electron chi connectivity index (χ2n) is 7.88. The Bertz CT molecular complexity index is 956. The van der Waals surface area contributed by atoms with Gasteiger partial charge in [0.25, 0.3) is 5.56 Å². The molecule has 0 aliphatic carbocycles. The van der Waals surface area contributed by atoms with Gasteiger partial charge in [0.05, 0.1) is 22.7 Å². The Hall–Kier alpha value is -1.86. The van der Waals surface area contributed by atoms with E-state index in [0.29, 0.717) is 33.5 Å². The molecule has 1 amide bonds. The molecule has 0 fully saturated rings. The average molecular weight is 438 g/mol. The van der Waals surface area contributed by atoms with E-state index < -0.39 is 6.04 Å². The van der Waals surface area contributed by atoms with Crippen LogP contribution in [-0.2, 0) is 16.1 Å². The Morgan fingerprint density at radius 2 is 1.93 bits per heavy atom. The van der Waals surface area contributed by atoms with E-state index in [-0.39, 0.29) is 28.9 Å². The van der Waals surface area contributed by atoms with Gasteiger partial charge in [-0.25, -0.2) is 4.98 Å². The molecule has 8 heteroatoms. The molecule has 1 aromatic heterocycles. The Balaban J connectivity index is 2.29. The quantitative estimate of drug-likeness (QED) is 0.475. The first-order chi connectivity index (χ1) is 13.6. The van der Waals surface area contributed by atoms with Crippen LogP contribution in [-0.4, -0.2) is 33.0 Å². The highest BCUT2D eigenvalue weighted by Crippen LogP contribution is 2.21. The minimum atomic E-state index is -0.519. The number of carbonyl (C=O) groups is 2. The number of hydrogen-bond acceptors (Lipinski definition) is 5. The third-order valence-electron chi connectivity index (χ3n) is 4.57. The van der Waals surface area contributed by atoms with Crippen molar-refractivity contribution in [2.24, 2.45) is 11.8 Å². The highest BCUT2D eigenvalue weighted by Gasteiger charge is 2.21. The van der Waals surface area contributed by atoms with E-state index in [2.05, 4.69) is 24.1 Å². The largest absolute Gasteiger partial charge is 0.345 e. The predicted octanol–water partition coefficient (Wildman–Crippen LogP) is 3.92. The number of nitrogens with zero attached hydrogens (tertiary/aromatic N) is 2. The Morgan fingerprint density at radius 1 is 1.24 bits per heavy atom. The third kappa shape index (κ3) is 6.31.